The molecule has 1 aliphatic heterocycles. The average Bonchev–Trinajstić information content (AvgIpc) is 2.79. The molecule has 19 heavy (non-hydrogen) atoms. The Bertz CT molecular complexity index is 540. The van der Waals surface area contributed by atoms with Gasteiger partial charge in [-0.15, -0.1) is 0 Å². The topological polar surface area (TPSA) is 46.6 Å². The Hall–Kier alpha value is -2.28. The van der Waals surface area contributed by atoms with Crippen molar-refractivity contribution in [3.8, 4) is 11.8 Å². The van der Waals surface area contributed by atoms with Crippen LogP contribution in [0.4, 0.5) is 4.79 Å². The van der Waals surface area contributed by atoms with Gasteiger partial charge >= 0.3 is 12.0 Å². The number of carbonyl (C=O) groups is 2. The van der Waals surface area contributed by atoms with Gasteiger partial charge in [0.15, 0.2) is 0 Å². The number of benzene rings is 1. The zero-order chi connectivity index (χ0) is 13.8. The lowest BCUT2D eigenvalue weighted by Gasteiger charge is -2.17. The number of nitrogens with zero attached hydrogens (tertiary/aromatic N) is 1. The first-order valence-electron chi connectivity index (χ1n) is 6.16. The fourth-order valence-electron chi connectivity index (χ4n) is 1.83. The van der Waals surface area contributed by atoms with E-state index in [1.807, 2.05) is 44.2 Å². The lowest BCUT2D eigenvalue weighted by Crippen LogP contribution is -2.33. The molecular weight excluding hydrogens is 242 g/mol. The van der Waals surface area contributed by atoms with Crippen LogP contribution in [0.15, 0.2) is 30.3 Å². The fraction of sp³-hybridized carbons (Fsp3) is 0.333. The standard InChI is InChI=1S/C15H15NO3/c1-11(2)8-9-14(17)16-13(10-19-15(16)18)12-6-4-3-5-7-12/h3-7,11,13H,10H2,1-2H3/t13-/m0/s1. The minimum absolute atomic E-state index is 0.0812. The van der Waals surface area contributed by atoms with Crippen LogP contribution >= 0.6 is 0 Å². The van der Waals surface area contributed by atoms with Crippen LogP contribution < -0.4 is 0 Å². The molecule has 1 aromatic carbocycles. The highest BCUT2D eigenvalue weighted by atomic mass is 16.6. The third kappa shape index (κ3) is 2.94. The van der Waals surface area contributed by atoms with Crippen LogP contribution in [0, 0.1) is 17.8 Å². The van der Waals surface area contributed by atoms with Gasteiger partial charge in [0.1, 0.15) is 12.6 Å². The van der Waals surface area contributed by atoms with E-state index in [9.17, 15) is 9.59 Å². The minimum Gasteiger partial charge on any atom is -0.446 e. The highest BCUT2D eigenvalue weighted by molar-refractivity contribution is 6.03. The predicted molar refractivity (Wildman–Crippen MR) is 70.0 cm³/mol. The van der Waals surface area contributed by atoms with Crippen LogP contribution in [0.1, 0.15) is 25.5 Å². The van der Waals surface area contributed by atoms with Gasteiger partial charge in [-0.1, -0.05) is 50.1 Å². The Morgan fingerprint density at radius 3 is 2.68 bits per heavy atom. The Balaban J connectivity index is 2.24. The number of hydrogen-bond donors (Lipinski definition) is 0. The van der Waals surface area contributed by atoms with Crippen molar-refractivity contribution in [3.05, 3.63) is 35.9 Å². The van der Waals surface area contributed by atoms with Crippen LogP contribution in [-0.2, 0) is 9.53 Å². The second kappa shape index (κ2) is 5.57. The van der Waals surface area contributed by atoms with Gasteiger partial charge in [-0.05, 0) is 11.5 Å². The normalized spacial score (nSPS) is 17.9. The van der Waals surface area contributed by atoms with Gasteiger partial charge in [0.25, 0.3) is 0 Å². The van der Waals surface area contributed by atoms with Crippen molar-refractivity contribution >= 4 is 12.0 Å². The molecule has 1 fully saturated rings. The van der Waals surface area contributed by atoms with Gasteiger partial charge in [-0.25, -0.2) is 9.69 Å². The number of cyclic esters (lactones) is 1. The third-order valence-electron chi connectivity index (χ3n) is 2.74. The molecule has 0 aliphatic carbocycles. The number of hydrogen-bond acceptors (Lipinski definition) is 3. The minimum atomic E-state index is -0.628. The molecule has 1 aliphatic rings. The lowest BCUT2D eigenvalue weighted by atomic mass is 10.1. The third-order valence-corrected chi connectivity index (χ3v) is 2.74. The second-order valence-corrected chi connectivity index (χ2v) is 4.60. The van der Waals surface area contributed by atoms with E-state index in [4.69, 9.17) is 4.74 Å². The molecule has 1 saturated heterocycles. The molecule has 98 valence electrons. The maximum Gasteiger partial charge on any atom is 0.418 e. The van der Waals surface area contributed by atoms with E-state index in [1.54, 1.807) is 0 Å². The molecule has 0 radical (unpaired) electrons. The molecule has 0 N–H and O–H groups in total. The number of amides is 2. The molecule has 0 saturated carbocycles. The average molecular weight is 257 g/mol. The van der Waals surface area contributed by atoms with Gasteiger partial charge in [0, 0.05) is 5.92 Å². The van der Waals surface area contributed by atoms with E-state index >= 15 is 0 Å². The molecule has 0 spiro atoms. The molecule has 1 aromatic rings. The molecule has 2 amide bonds. The van der Waals surface area contributed by atoms with E-state index in [0.717, 1.165) is 10.5 Å². The van der Waals surface area contributed by atoms with Gasteiger partial charge in [-0.3, -0.25) is 4.79 Å². The van der Waals surface area contributed by atoms with Gasteiger partial charge in [0.05, 0.1) is 0 Å². The number of carbonyl (C=O) groups excluding carboxylic acids is 2. The monoisotopic (exact) mass is 257 g/mol. The molecule has 2 rings (SSSR count). The quantitative estimate of drug-likeness (QED) is 0.726. The van der Waals surface area contributed by atoms with Gasteiger partial charge in [-0.2, -0.15) is 0 Å². The maximum absolute atomic E-state index is 12.0. The van der Waals surface area contributed by atoms with Crippen LogP contribution in [-0.4, -0.2) is 23.5 Å². The van der Waals surface area contributed by atoms with Crippen molar-refractivity contribution in [2.24, 2.45) is 5.92 Å². The summed E-state index contributed by atoms with van der Waals surface area (Å²) >= 11 is 0. The predicted octanol–water partition coefficient (Wildman–Crippen LogP) is 2.37. The van der Waals surface area contributed by atoms with Crippen molar-refractivity contribution in [2.75, 3.05) is 6.61 Å². The Kier molecular flexibility index (Phi) is 3.86. The summed E-state index contributed by atoms with van der Waals surface area (Å²) in [7, 11) is 0. The molecule has 4 heteroatoms. The van der Waals surface area contributed by atoms with E-state index in [1.165, 1.54) is 0 Å². The second-order valence-electron chi connectivity index (χ2n) is 4.60. The highest BCUT2D eigenvalue weighted by Crippen LogP contribution is 2.27. The van der Waals surface area contributed by atoms with Crippen LogP contribution in [0.3, 0.4) is 0 Å². The molecule has 1 atom stereocenters. The molecule has 4 nitrogen and oxygen atoms in total. The largest absolute Gasteiger partial charge is 0.446 e. The molecule has 1 heterocycles. The Morgan fingerprint density at radius 1 is 1.37 bits per heavy atom. The Labute approximate surface area is 112 Å². The number of imide groups is 1. The summed E-state index contributed by atoms with van der Waals surface area (Å²) in [5.41, 5.74) is 0.869. The molecule has 0 aromatic heterocycles. The molecule has 0 unspecified atom stereocenters. The number of ether oxygens (including phenoxy) is 1. The Morgan fingerprint density at radius 2 is 2.05 bits per heavy atom. The van der Waals surface area contributed by atoms with Crippen molar-refractivity contribution in [1.82, 2.24) is 4.90 Å². The lowest BCUT2D eigenvalue weighted by molar-refractivity contribution is -0.123. The van der Waals surface area contributed by atoms with Crippen molar-refractivity contribution in [2.45, 2.75) is 19.9 Å². The summed E-state index contributed by atoms with van der Waals surface area (Å²) in [4.78, 5) is 24.7. The molecule has 0 bridgehead atoms. The summed E-state index contributed by atoms with van der Waals surface area (Å²) in [5, 5.41) is 0. The van der Waals surface area contributed by atoms with Crippen molar-refractivity contribution in [3.63, 3.8) is 0 Å². The fourth-order valence-corrected chi connectivity index (χ4v) is 1.83. The summed E-state index contributed by atoms with van der Waals surface area (Å²) in [6, 6.07) is 8.95. The van der Waals surface area contributed by atoms with E-state index in [2.05, 4.69) is 11.8 Å². The zero-order valence-corrected chi connectivity index (χ0v) is 10.9. The first-order chi connectivity index (χ1) is 9.09. The van der Waals surface area contributed by atoms with Crippen molar-refractivity contribution < 1.29 is 14.3 Å². The summed E-state index contributed by atoms with van der Waals surface area (Å²) in [5.74, 6) is 4.83. The van der Waals surface area contributed by atoms with E-state index in [0.29, 0.717) is 0 Å². The highest BCUT2D eigenvalue weighted by Gasteiger charge is 2.38. The molecular formula is C15H15NO3. The van der Waals surface area contributed by atoms with Gasteiger partial charge < -0.3 is 4.74 Å². The first kappa shape index (κ1) is 13.2. The van der Waals surface area contributed by atoms with Crippen LogP contribution in [0.25, 0.3) is 0 Å². The van der Waals surface area contributed by atoms with Gasteiger partial charge in [0.2, 0.25) is 0 Å². The zero-order valence-electron chi connectivity index (χ0n) is 10.9. The van der Waals surface area contributed by atoms with Crippen LogP contribution in [0.5, 0.6) is 0 Å². The SMILES string of the molecule is CC(C)C#CC(=O)N1C(=O)OC[C@H]1c1ccccc1. The van der Waals surface area contributed by atoms with Crippen LogP contribution in [0.2, 0.25) is 0 Å². The maximum atomic E-state index is 12.0. The summed E-state index contributed by atoms with van der Waals surface area (Å²) < 4.78 is 4.96. The summed E-state index contributed by atoms with van der Waals surface area (Å²) in [6.45, 7) is 3.95. The first-order valence-corrected chi connectivity index (χ1v) is 6.16. The number of rotatable bonds is 1. The smallest absolute Gasteiger partial charge is 0.418 e. The van der Waals surface area contributed by atoms with E-state index in [-0.39, 0.29) is 18.6 Å². The van der Waals surface area contributed by atoms with E-state index < -0.39 is 12.0 Å². The van der Waals surface area contributed by atoms with Crippen molar-refractivity contribution in [1.29, 1.82) is 0 Å². The summed E-state index contributed by atoms with van der Waals surface area (Å²) in [6.07, 6.45) is -0.628.